The number of nitrogens with zero attached hydrogens (tertiary/aromatic N) is 1. The van der Waals surface area contributed by atoms with Crippen LogP contribution in [0.3, 0.4) is 0 Å². The summed E-state index contributed by atoms with van der Waals surface area (Å²) in [5, 5.41) is 2.94. The summed E-state index contributed by atoms with van der Waals surface area (Å²) in [7, 11) is 0. The quantitative estimate of drug-likeness (QED) is 0.783. The molecule has 1 heterocycles. The molecule has 3 rings (SSSR count). The predicted molar refractivity (Wildman–Crippen MR) is 108 cm³/mol. The Bertz CT molecular complexity index is 747. The van der Waals surface area contributed by atoms with E-state index >= 15 is 0 Å². The molecule has 1 aliphatic carbocycles. The SMILES string of the molecule is CC(C)N(Cc1ccccc1)C(=O)C1CCC(C(=O)NCc2ccco2)CC1. The van der Waals surface area contributed by atoms with Crippen LogP contribution in [0.25, 0.3) is 0 Å². The Morgan fingerprint density at radius 3 is 2.32 bits per heavy atom. The van der Waals surface area contributed by atoms with E-state index in [1.165, 1.54) is 0 Å². The van der Waals surface area contributed by atoms with Crippen molar-refractivity contribution < 1.29 is 14.0 Å². The van der Waals surface area contributed by atoms with Gasteiger partial charge in [0.05, 0.1) is 12.8 Å². The lowest BCUT2D eigenvalue weighted by Crippen LogP contribution is -2.42. The average Bonchev–Trinajstić information content (AvgIpc) is 3.24. The highest BCUT2D eigenvalue weighted by atomic mass is 16.3. The van der Waals surface area contributed by atoms with E-state index in [-0.39, 0.29) is 29.7 Å². The summed E-state index contributed by atoms with van der Waals surface area (Å²) in [4.78, 5) is 27.5. The van der Waals surface area contributed by atoms with Crippen molar-refractivity contribution in [3.8, 4) is 0 Å². The van der Waals surface area contributed by atoms with Crippen LogP contribution in [0.5, 0.6) is 0 Å². The Labute approximate surface area is 167 Å². The van der Waals surface area contributed by atoms with Gasteiger partial charge < -0.3 is 14.6 Å². The highest BCUT2D eigenvalue weighted by Gasteiger charge is 2.32. The van der Waals surface area contributed by atoms with Crippen molar-refractivity contribution in [2.24, 2.45) is 11.8 Å². The molecular formula is C23H30N2O3. The fourth-order valence-electron chi connectivity index (χ4n) is 3.86. The summed E-state index contributed by atoms with van der Waals surface area (Å²) in [6, 6.07) is 13.9. The number of carbonyl (C=O) groups is 2. The predicted octanol–water partition coefficient (Wildman–Crippen LogP) is 4.14. The van der Waals surface area contributed by atoms with E-state index in [9.17, 15) is 9.59 Å². The van der Waals surface area contributed by atoms with Gasteiger partial charge in [0.25, 0.3) is 0 Å². The van der Waals surface area contributed by atoms with Crippen LogP contribution in [0.15, 0.2) is 53.1 Å². The molecule has 2 amide bonds. The Balaban J connectivity index is 1.51. The minimum atomic E-state index is -0.0133. The second-order valence-corrected chi connectivity index (χ2v) is 7.89. The van der Waals surface area contributed by atoms with Crippen molar-refractivity contribution in [3.63, 3.8) is 0 Å². The van der Waals surface area contributed by atoms with Gasteiger partial charge in [-0.3, -0.25) is 9.59 Å². The fraction of sp³-hybridized carbons (Fsp3) is 0.478. The highest BCUT2D eigenvalue weighted by Crippen LogP contribution is 2.31. The van der Waals surface area contributed by atoms with Crippen LogP contribution in [0.2, 0.25) is 0 Å². The Morgan fingerprint density at radius 2 is 1.71 bits per heavy atom. The molecule has 1 aromatic carbocycles. The van der Waals surface area contributed by atoms with Gasteiger partial charge in [-0.25, -0.2) is 0 Å². The molecule has 0 aliphatic heterocycles. The third-order valence-corrected chi connectivity index (χ3v) is 5.57. The maximum atomic E-state index is 13.1. The van der Waals surface area contributed by atoms with Gasteiger partial charge in [0.2, 0.25) is 11.8 Å². The normalized spacial score (nSPS) is 19.4. The zero-order chi connectivity index (χ0) is 19.9. The topological polar surface area (TPSA) is 62.6 Å². The molecule has 0 unspecified atom stereocenters. The van der Waals surface area contributed by atoms with Gasteiger partial charge in [-0.15, -0.1) is 0 Å². The van der Waals surface area contributed by atoms with Crippen LogP contribution >= 0.6 is 0 Å². The third kappa shape index (κ3) is 5.24. The first kappa shape index (κ1) is 20.2. The molecule has 1 aromatic heterocycles. The number of furan rings is 1. The second kappa shape index (κ2) is 9.58. The van der Waals surface area contributed by atoms with Gasteiger partial charge in [-0.2, -0.15) is 0 Å². The Morgan fingerprint density at radius 1 is 1.04 bits per heavy atom. The van der Waals surface area contributed by atoms with Crippen LogP contribution < -0.4 is 5.32 Å². The maximum Gasteiger partial charge on any atom is 0.226 e. The highest BCUT2D eigenvalue weighted by molar-refractivity contribution is 5.81. The van der Waals surface area contributed by atoms with E-state index in [0.29, 0.717) is 13.1 Å². The average molecular weight is 383 g/mol. The summed E-state index contributed by atoms with van der Waals surface area (Å²) in [6.07, 6.45) is 4.68. The summed E-state index contributed by atoms with van der Waals surface area (Å²) in [6.45, 7) is 5.19. The second-order valence-electron chi connectivity index (χ2n) is 7.89. The largest absolute Gasteiger partial charge is 0.467 e. The summed E-state index contributed by atoms with van der Waals surface area (Å²) in [5.74, 6) is 1.03. The summed E-state index contributed by atoms with van der Waals surface area (Å²) >= 11 is 0. The van der Waals surface area contributed by atoms with Crippen molar-refractivity contribution in [1.29, 1.82) is 0 Å². The van der Waals surface area contributed by atoms with E-state index in [2.05, 4.69) is 31.3 Å². The molecule has 1 fully saturated rings. The van der Waals surface area contributed by atoms with Crippen LogP contribution in [-0.2, 0) is 22.7 Å². The molecule has 0 atom stereocenters. The minimum absolute atomic E-state index is 0.0133. The maximum absolute atomic E-state index is 13.1. The molecule has 1 aliphatic rings. The van der Waals surface area contributed by atoms with E-state index in [1.54, 1.807) is 6.26 Å². The monoisotopic (exact) mass is 382 g/mol. The van der Waals surface area contributed by atoms with Crippen molar-refractivity contribution in [2.75, 3.05) is 0 Å². The van der Waals surface area contributed by atoms with Crippen molar-refractivity contribution >= 4 is 11.8 Å². The lowest BCUT2D eigenvalue weighted by atomic mass is 9.80. The fourth-order valence-corrected chi connectivity index (χ4v) is 3.86. The number of hydrogen-bond donors (Lipinski definition) is 1. The van der Waals surface area contributed by atoms with Crippen LogP contribution in [-0.4, -0.2) is 22.8 Å². The van der Waals surface area contributed by atoms with Gasteiger partial charge in [0, 0.05) is 24.4 Å². The molecular weight excluding hydrogens is 352 g/mol. The van der Waals surface area contributed by atoms with E-state index in [1.807, 2.05) is 35.2 Å². The van der Waals surface area contributed by atoms with Gasteiger partial charge in [0.15, 0.2) is 0 Å². The lowest BCUT2D eigenvalue weighted by molar-refractivity contribution is -0.140. The lowest BCUT2D eigenvalue weighted by Gasteiger charge is -2.34. The number of hydrogen-bond acceptors (Lipinski definition) is 3. The smallest absolute Gasteiger partial charge is 0.226 e. The van der Waals surface area contributed by atoms with Crippen LogP contribution in [0, 0.1) is 11.8 Å². The standard InChI is InChI=1S/C23H30N2O3/c1-17(2)25(16-18-7-4-3-5-8-18)23(27)20-12-10-19(11-13-20)22(26)24-15-21-9-6-14-28-21/h3-9,14,17,19-20H,10-13,15-16H2,1-2H3,(H,24,26). The molecule has 150 valence electrons. The van der Waals surface area contributed by atoms with Crippen molar-refractivity contribution in [2.45, 2.75) is 58.7 Å². The number of nitrogens with one attached hydrogen (secondary N) is 1. The first-order valence-electron chi connectivity index (χ1n) is 10.2. The molecule has 1 N–H and O–H groups in total. The molecule has 1 saturated carbocycles. The van der Waals surface area contributed by atoms with E-state index in [4.69, 9.17) is 4.42 Å². The van der Waals surface area contributed by atoms with Gasteiger partial charge in [-0.1, -0.05) is 30.3 Å². The van der Waals surface area contributed by atoms with Gasteiger partial charge in [0.1, 0.15) is 5.76 Å². The molecule has 0 spiro atoms. The Hall–Kier alpha value is -2.56. The molecule has 28 heavy (non-hydrogen) atoms. The molecule has 2 aromatic rings. The molecule has 5 nitrogen and oxygen atoms in total. The van der Waals surface area contributed by atoms with Crippen molar-refractivity contribution in [1.82, 2.24) is 10.2 Å². The van der Waals surface area contributed by atoms with Gasteiger partial charge in [-0.05, 0) is 57.2 Å². The zero-order valence-electron chi connectivity index (χ0n) is 16.8. The van der Waals surface area contributed by atoms with E-state index < -0.39 is 0 Å². The van der Waals surface area contributed by atoms with Crippen LogP contribution in [0.1, 0.15) is 50.9 Å². The Kier molecular flexibility index (Phi) is 6.90. The summed E-state index contributed by atoms with van der Waals surface area (Å²) in [5.41, 5.74) is 1.15. The van der Waals surface area contributed by atoms with Crippen LogP contribution in [0.4, 0.5) is 0 Å². The van der Waals surface area contributed by atoms with E-state index in [0.717, 1.165) is 37.0 Å². The molecule has 0 radical (unpaired) electrons. The number of rotatable bonds is 7. The summed E-state index contributed by atoms with van der Waals surface area (Å²) < 4.78 is 5.25. The molecule has 5 heteroatoms. The molecule has 0 bridgehead atoms. The zero-order valence-corrected chi connectivity index (χ0v) is 16.8. The number of benzene rings is 1. The third-order valence-electron chi connectivity index (χ3n) is 5.57. The number of carbonyl (C=O) groups excluding carboxylic acids is 2. The molecule has 0 saturated heterocycles. The van der Waals surface area contributed by atoms with Crippen molar-refractivity contribution in [3.05, 3.63) is 60.1 Å². The van der Waals surface area contributed by atoms with Gasteiger partial charge >= 0.3 is 0 Å². The number of amides is 2. The first-order valence-corrected chi connectivity index (χ1v) is 10.2. The first-order chi connectivity index (χ1) is 13.5. The minimum Gasteiger partial charge on any atom is -0.467 e.